The van der Waals surface area contributed by atoms with Crippen LogP contribution >= 0.6 is 34.8 Å². The van der Waals surface area contributed by atoms with E-state index in [1.807, 2.05) is 13.8 Å². The quantitative estimate of drug-likeness (QED) is 0.763. The zero-order chi connectivity index (χ0) is 15.1. The SMILES string of the molecule is CC1CC(C)N(S(=O)(=O)c2ccc(Cl)c(CCl)c2Cl)C1. The van der Waals surface area contributed by atoms with E-state index in [0.29, 0.717) is 23.0 Å². The predicted molar refractivity (Wildman–Crippen MR) is 83.2 cm³/mol. The molecule has 1 aromatic carbocycles. The van der Waals surface area contributed by atoms with E-state index < -0.39 is 10.0 Å². The van der Waals surface area contributed by atoms with Gasteiger partial charge in [-0.3, -0.25) is 0 Å². The molecule has 0 saturated carbocycles. The smallest absolute Gasteiger partial charge is 0.207 e. The number of rotatable bonds is 3. The highest BCUT2D eigenvalue weighted by atomic mass is 35.5. The summed E-state index contributed by atoms with van der Waals surface area (Å²) in [5.74, 6) is 0.422. The zero-order valence-electron chi connectivity index (χ0n) is 11.2. The summed E-state index contributed by atoms with van der Waals surface area (Å²) >= 11 is 18.0. The number of hydrogen-bond donors (Lipinski definition) is 0. The molecule has 0 aliphatic carbocycles. The van der Waals surface area contributed by atoms with Crippen molar-refractivity contribution in [1.29, 1.82) is 0 Å². The van der Waals surface area contributed by atoms with E-state index in [1.165, 1.54) is 16.4 Å². The van der Waals surface area contributed by atoms with Gasteiger partial charge in [-0.1, -0.05) is 30.1 Å². The maximum Gasteiger partial charge on any atom is 0.244 e. The van der Waals surface area contributed by atoms with E-state index in [9.17, 15) is 8.42 Å². The minimum Gasteiger partial charge on any atom is -0.207 e. The first-order valence-corrected chi connectivity index (χ1v) is 9.06. The molecule has 0 N–H and O–H groups in total. The van der Waals surface area contributed by atoms with Gasteiger partial charge in [-0.15, -0.1) is 11.6 Å². The van der Waals surface area contributed by atoms with Crippen molar-refractivity contribution in [2.45, 2.75) is 37.1 Å². The lowest BCUT2D eigenvalue weighted by Crippen LogP contribution is -2.34. The number of halogens is 3. The first-order valence-electron chi connectivity index (χ1n) is 6.33. The second kappa shape index (κ2) is 6.01. The molecule has 7 heteroatoms. The third-order valence-corrected chi connectivity index (χ3v) is 6.79. The van der Waals surface area contributed by atoms with Crippen LogP contribution in [0.3, 0.4) is 0 Å². The average Bonchev–Trinajstić information content (AvgIpc) is 2.69. The van der Waals surface area contributed by atoms with E-state index in [0.717, 1.165) is 6.42 Å². The third-order valence-electron chi connectivity index (χ3n) is 3.60. The van der Waals surface area contributed by atoms with Crippen LogP contribution in [0.4, 0.5) is 0 Å². The number of alkyl halides is 1. The van der Waals surface area contributed by atoms with E-state index in [4.69, 9.17) is 34.8 Å². The normalized spacial score (nSPS) is 24.2. The van der Waals surface area contributed by atoms with Crippen molar-refractivity contribution in [3.8, 4) is 0 Å². The van der Waals surface area contributed by atoms with Crippen molar-refractivity contribution in [1.82, 2.24) is 4.31 Å². The molecule has 20 heavy (non-hydrogen) atoms. The van der Waals surface area contributed by atoms with Crippen LogP contribution in [-0.2, 0) is 15.9 Å². The van der Waals surface area contributed by atoms with Crippen LogP contribution in [0.5, 0.6) is 0 Å². The van der Waals surface area contributed by atoms with Crippen molar-refractivity contribution in [3.05, 3.63) is 27.7 Å². The Morgan fingerprint density at radius 1 is 1.30 bits per heavy atom. The Labute approximate surface area is 134 Å². The molecule has 112 valence electrons. The molecule has 1 fully saturated rings. The van der Waals surface area contributed by atoms with Gasteiger partial charge in [0.15, 0.2) is 0 Å². The number of hydrogen-bond acceptors (Lipinski definition) is 2. The van der Waals surface area contributed by atoms with Gasteiger partial charge in [-0.05, 0) is 31.4 Å². The van der Waals surface area contributed by atoms with Crippen LogP contribution in [-0.4, -0.2) is 25.3 Å². The molecule has 1 heterocycles. The standard InChI is InChI=1S/C13H16Cl3NO2S/c1-8-5-9(2)17(7-8)20(18,19)12-4-3-11(15)10(6-14)13(12)16/h3-4,8-9H,5-7H2,1-2H3. The first-order chi connectivity index (χ1) is 9.28. The van der Waals surface area contributed by atoms with Crippen molar-refractivity contribution < 1.29 is 8.42 Å². The average molecular weight is 357 g/mol. The van der Waals surface area contributed by atoms with Gasteiger partial charge in [0, 0.05) is 23.2 Å². The van der Waals surface area contributed by atoms with Crippen LogP contribution in [0.15, 0.2) is 17.0 Å². The molecule has 1 aromatic rings. The summed E-state index contributed by atoms with van der Waals surface area (Å²) < 4.78 is 27.0. The number of benzene rings is 1. The Kier molecular flexibility index (Phi) is 4.92. The third kappa shape index (κ3) is 2.81. The molecule has 1 aliphatic rings. The van der Waals surface area contributed by atoms with Crippen LogP contribution in [0.2, 0.25) is 10.0 Å². The van der Waals surface area contributed by atoms with Gasteiger partial charge in [0.05, 0.1) is 10.9 Å². The molecule has 1 saturated heterocycles. The van der Waals surface area contributed by atoms with E-state index in [1.54, 1.807) is 0 Å². The Morgan fingerprint density at radius 2 is 1.95 bits per heavy atom. The number of sulfonamides is 1. The lowest BCUT2D eigenvalue weighted by molar-refractivity contribution is 0.405. The predicted octanol–water partition coefficient (Wildman–Crippen LogP) is 4.15. The lowest BCUT2D eigenvalue weighted by atomic mass is 10.1. The van der Waals surface area contributed by atoms with Crippen LogP contribution in [0.1, 0.15) is 25.8 Å². The van der Waals surface area contributed by atoms with Gasteiger partial charge in [0.1, 0.15) is 4.90 Å². The van der Waals surface area contributed by atoms with Crippen molar-refractivity contribution >= 4 is 44.8 Å². The molecular weight excluding hydrogens is 341 g/mol. The fourth-order valence-electron chi connectivity index (χ4n) is 2.62. The van der Waals surface area contributed by atoms with Crippen LogP contribution in [0, 0.1) is 5.92 Å². The minimum atomic E-state index is -3.62. The van der Waals surface area contributed by atoms with Gasteiger partial charge in [0.2, 0.25) is 10.0 Å². The molecule has 2 rings (SSSR count). The van der Waals surface area contributed by atoms with E-state index >= 15 is 0 Å². The summed E-state index contributed by atoms with van der Waals surface area (Å²) in [7, 11) is -3.62. The Hall–Kier alpha value is -0.000000000000000167. The molecule has 1 aliphatic heterocycles. The molecule has 2 atom stereocenters. The highest BCUT2D eigenvalue weighted by Crippen LogP contribution is 2.36. The second-order valence-corrected chi connectivity index (χ2v) is 8.15. The van der Waals surface area contributed by atoms with Crippen LogP contribution < -0.4 is 0 Å². The van der Waals surface area contributed by atoms with Crippen molar-refractivity contribution in [3.63, 3.8) is 0 Å². The molecule has 0 bridgehead atoms. The monoisotopic (exact) mass is 355 g/mol. The fraction of sp³-hybridized carbons (Fsp3) is 0.538. The Bertz CT molecular complexity index is 618. The van der Waals surface area contributed by atoms with Crippen molar-refractivity contribution in [2.75, 3.05) is 6.54 Å². The maximum atomic E-state index is 12.7. The highest BCUT2D eigenvalue weighted by molar-refractivity contribution is 7.89. The lowest BCUT2D eigenvalue weighted by Gasteiger charge is -2.22. The molecule has 3 nitrogen and oxygen atoms in total. The van der Waals surface area contributed by atoms with Gasteiger partial charge in [0.25, 0.3) is 0 Å². The maximum absolute atomic E-state index is 12.7. The van der Waals surface area contributed by atoms with Crippen molar-refractivity contribution in [2.24, 2.45) is 5.92 Å². The van der Waals surface area contributed by atoms with E-state index in [2.05, 4.69) is 0 Å². The van der Waals surface area contributed by atoms with Gasteiger partial charge in [-0.25, -0.2) is 8.42 Å². The summed E-state index contributed by atoms with van der Waals surface area (Å²) in [4.78, 5) is 0.0835. The molecular formula is C13H16Cl3NO2S. The largest absolute Gasteiger partial charge is 0.244 e. The summed E-state index contributed by atoms with van der Waals surface area (Å²) in [6.07, 6.45) is 0.854. The Balaban J connectivity index is 2.50. The summed E-state index contributed by atoms with van der Waals surface area (Å²) in [5, 5.41) is 0.506. The summed E-state index contributed by atoms with van der Waals surface area (Å²) in [5.41, 5.74) is 0.455. The highest BCUT2D eigenvalue weighted by Gasteiger charge is 2.37. The molecule has 0 aromatic heterocycles. The molecule has 0 spiro atoms. The van der Waals surface area contributed by atoms with Gasteiger partial charge >= 0.3 is 0 Å². The molecule has 0 amide bonds. The molecule has 0 radical (unpaired) electrons. The number of nitrogens with zero attached hydrogens (tertiary/aromatic N) is 1. The topological polar surface area (TPSA) is 37.4 Å². The molecule has 2 unspecified atom stereocenters. The van der Waals surface area contributed by atoms with E-state index in [-0.39, 0.29) is 21.8 Å². The van der Waals surface area contributed by atoms with Gasteiger partial charge < -0.3 is 0 Å². The summed E-state index contributed by atoms with van der Waals surface area (Å²) in [6, 6.07) is 2.95. The fourth-order valence-corrected chi connectivity index (χ4v) is 5.68. The zero-order valence-corrected chi connectivity index (χ0v) is 14.3. The van der Waals surface area contributed by atoms with Crippen LogP contribution in [0.25, 0.3) is 0 Å². The summed E-state index contributed by atoms with van der Waals surface area (Å²) in [6.45, 7) is 4.46. The first kappa shape index (κ1) is 16.4. The minimum absolute atomic E-state index is 0.0267. The Morgan fingerprint density at radius 3 is 2.45 bits per heavy atom. The van der Waals surface area contributed by atoms with Gasteiger partial charge in [-0.2, -0.15) is 4.31 Å². The second-order valence-electron chi connectivity index (χ2n) is 5.24.